The highest BCUT2D eigenvalue weighted by Crippen LogP contribution is 2.22. The fourth-order valence-electron chi connectivity index (χ4n) is 1.86. The second kappa shape index (κ2) is 8.13. The zero-order valence-electron chi connectivity index (χ0n) is 13.1. The van der Waals surface area contributed by atoms with Crippen molar-refractivity contribution in [3.05, 3.63) is 77.2 Å². The lowest BCUT2D eigenvalue weighted by molar-refractivity contribution is 0.0955. The number of carbonyl (C=O) groups is 1. The number of pyridine rings is 1. The van der Waals surface area contributed by atoms with Gasteiger partial charge in [0.15, 0.2) is 0 Å². The van der Waals surface area contributed by atoms with Gasteiger partial charge < -0.3 is 4.74 Å². The molecule has 0 aliphatic heterocycles. The molecule has 3 aromatic rings. The topological polar surface area (TPSA) is 89.4 Å². The Labute approximate surface area is 152 Å². The predicted octanol–water partition coefficient (Wildman–Crippen LogP) is 3.22. The summed E-state index contributed by atoms with van der Waals surface area (Å²) in [5, 5.41) is 3.75. The number of nitrogens with zero attached hydrogens (tertiary/aromatic N) is 4. The van der Waals surface area contributed by atoms with E-state index in [2.05, 4.69) is 25.5 Å². The molecule has 130 valence electrons. The maximum Gasteiger partial charge on any atom is 0.272 e. The van der Waals surface area contributed by atoms with Crippen molar-refractivity contribution in [2.75, 3.05) is 0 Å². The second-order valence-electron chi connectivity index (χ2n) is 4.90. The molecule has 3 rings (SSSR count). The predicted molar refractivity (Wildman–Crippen MR) is 92.8 cm³/mol. The average molecular weight is 372 g/mol. The van der Waals surface area contributed by atoms with Crippen molar-refractivity contribution >= 4 is 23.7 Å². The van der Waals surface area contributed by atoms with E-state index in [-0.39, 0.29) is 17.1 Å². The van der Waals surface area contributed by atoms with Crippen molar-refractivity contribution in [1.82, 2.24) is 20.4 Å². The van der Waals surface area contributed by atoms with Gasteiger partial charge in [-0.3, -0.25) is 9.78 Å². The number of hydrazone groups is 1. The van der Waals surface area contributed by atoms with E-state index in [1.165, 1.54) is 12.4 Å². The number of rotatable bonds is 5. The smallest absolute Gasteiger partial charge is 0.272 e. The summed E-state index contributed by atoms with van der Waals surface area (Å²) in [6.45, 7) is 0. The van der Waals surface area contributed by atoms with E-state index in [0.29, 0.717) is 16.9 Å². The summed E-state index contributed by atoms with van der Waals surface area (Å²) in [6, 6.07) is 9.83. The molecule has 0 saturated heterocycles. The molecule has 2 heterocycles. The number of benzene rings is 1. The lowest BCUT2D eigenvalue weighted by Crippen LogP contribution is -2.17. The number of hydrogen-bond acceptors (Lipinski definition) is 6. The van der Waals surface area contributed by atoms with Crippen molar-refractivity contribution in [3.8, 4) is 11.6 Å². The highest BCUT2D eigenvalue weighted by Gasteiger charge is 2.08. The molecular weight excluding hydrogens is 361 g/mol. The molecule has 0 fully saturated rings. The molecule has 0 aliphatic carbocycles. The van der Waals surface area contributed by atoms with Gasteiger partial charge in [0, 0.05) is 12.4 Å². The first kappa shape index (κ1) is 17.4. The molecule has 1 amide bonds. The third-order valence-electron chi connectivity index (χ3n) is 3.08. The number of carbonyl (C=O) groups excluding carboxylic acids is 1. The van der Waals surface area contributed by atoms with Crippen molar-refractivity contribution in [2.24, 2.45) is 5.10 Å². The molecule has 0 aliphatic rings. The number of aromatic nitrogens is 3. The highest BCUT2D eigenvalue weighted by molar-refractivity contribution is 6.28. The van der Waals surface area contributed by atoms with Crippen LogP contribution >= 0.6 is 11.6 Å². The van der Waals surface area contributed by atoms with E-state index in [1.807, 2.05) is 0 Å². The summed E-state index contributed by atoms with van der Waals surface area (Å²) >= 11 is 5.61. The summed E-state index contributed by atoms with van der Waals surface area (Å²) in [4.78, 5) is 22.8. The van der Waals surface area contributed by atoms with E-state index in [4.69, 9.17) is 16.3 Å². The third-order valence-corrected chi connectivity index (χ3v) is 3.26. The monoisotopic (exact) mass is 371 g/mol. The Morgan fingerprint density at radius 1 is 1.23 bits per heavy atom. The molecule has 7 nitrogen and oxygen atoms in total. The van der Waals surface area contributed by atoms with Crippen molar-refractivity contribution in [1.29, 1.82) is 0 Å². The van der Waals surface area contributed by atoms with Gasteiger partial charge in [0.25, 0.3) is 11.8 Å². The molecule has 9 heteroatoms. The molecule has 0 unspecified atom stereocenters. The molecule has 0 bridgehead atoms. The van der Waals surface area contributed by atoms with Crippen molar-refractivity contribution < 1.29 is 13.9 Å². The van der Waals surface area contributed by atoms with Crippen LogP contribution in [-0.2, 0) is 0 Å². The first-order chi connectivity index (χ1) is 12.6. The summed E-state index contributed by atoms with van der Waals surface area (Å²) in [5.41, 5.74) is 3.49. The number of amides is 1. The zero-order chi connectivity index (χ0) is 18.4. The average Bonchev–Trinajstić information content (AvgIpc) is 2.67. The Kier molecular flexibility index (Phi) is 5.45. The maximum atomic E-state index is 13.5. The number of ether oxygens (including phenoxy) is 1. The lowest BCUT2D eigenvalue weighted by atomic mass is 10.2. The number of nitrogens with one attached hydrogen (secondary N) is 1. The SMILES string of the molecule is O=C(N/N=C\c1ccc(Oc2nc(Cl)ncc2F)cc1)c1cccnc1. The van der Waals surface area contributed by atoms with Crippen LogP contribution in [0.5, 0.6) is 11.6 Å². The minimum atomic E-state index is -0.724. The van der Waals surface area contributed by atoms with Gasteiger partial charge in [0.1, 0.15) is 5.75 Å². The zero-order valence-corrected chi connectivity index (χ0v) is 13.9. The van der Waals surface area contributed by atoms with E-state index in [1.54, 1.807) is 42.6 Å². The van der Waals surface area contributed by atoms with E-state index >= 15 is 0 Å². The normalized spacial score (nSPS) is 10.7. The summed E-state index contributed by atoms with van der Waals surface area (Å²) in [6.07, 6.45) is 5.40. The van der Waals surface area contributed by atoms with Gasteiger partial charge in [-0.15, -0.1) is 0 Å². The molecule has 1 N–H and O–H groups in total. The number of hydrogen-bond donors (Lipinski definition) is 1. The molecule has 0 saturated carbocycles. The Bertz CT molecular complexity index is 936. The van der Waals surface area contributed by atoms with E-state index in [9.17, 15) is 9.18 Å². The number of halogens is 2. The van der Waals surface area contributed by atoms with Crippen LogP contribution in [0.1, 0.15) is 15.9 Å². The van der Waals surface area contributed by atoms with Crippen LogP contribution in [0.3, 0.4) is 0 Å². The van der Waals surface area contributed by atoms with Gasteiger partial charge in [-0.05, 0) is 53.6 Å². The molecule has 1 aromatic carbocycles. The van der Waals surface area contributed by atoms with E-state index in [0.717, 1.165) is 6.20 Å². The molecule has 2 aromatic heterocycles. The van der Waals surface area contributed by atoms with Crippen LogP contribution in [-0.4, -0.2) is 27.1 Å². The van der Waals surface area contributed by atoms with Gasteiger partial charge in [0.05, 0.1) is 18.0 Å². The molecule has 0 radical (unpaired) electrons. The third kappa shape index (κ3) is 4.58. The first-order valence-corrected chi connectivity index (χ1v) is 7.69. The Balaban J connectivity index is 1.61. The van der Waals surface area contributed by atoms with Crippen molar-refractivity contribution in [3.63, 3.8) is 0 Å². The molecule has 26 heavy (non-hydrogen) atoms. The van der Waals surface area contributed by atoms with Crippen LogP contribution in [0.2, 0.25) is 5.28 Å². The molecular formula is C17H11ClFN5O2. The quantitative estimate of drug-likeness (QED) is 0.422. The highest BCUT2D eigenvalue weighted by atomic mass is 35.5. The van der Waals surface area contributed by atoms with Crippen LogP contribution in [0.25, 0.3) is 0 Å². The minimum Gasteiger partial charge on any atom is -0.436 e. The van der Waals surface area contributed by atoms with Crippen LogP contribution in [0, 0.1) is 5.82 Å². The van der Waals surface area contributed by atoms with Crippen molar-refractivity contribution in [2.45, 2.75) is 0 Å². The Morgan fingerprint density at radius 3 is 2.77 bits per heavy atom. The fraction of sp³-hybridized carbons (Fsp3) is 0. The summed E-state index contributed by atoms with van der Waals surface area (Å²) < 4.78 is 18.9. The molecule has 0 spiro atoms. The maximum absolute atomic E-state index is 13.5. The summed E-state index contributed by atoms with van der Waals surface area (Å²) in [7, 11) is 0. The Morgan fingerprint density at radius 2 is 2.04 bits per heavy atom. The van der Waals surface area contributed by atoms with Crippen LogP contribution in [0.15, 0.2) is 60.1 Å². The van der Waals surface area contributed by atoms with E-state index < -0.39 is 5.82 Å². The largest absolute Gasteiger partial charge is 0.436 e. The van der Waals surface area contributed by atoms with Gasteiger partial charge in [-0.1, -0.05) is 0 Å². The first-order valence-electron chi connectivity index (χ1n) is 7.31. The fourth-order valence-corrected chi connectivity index (χ4v) is 1.99. The van der Waals surface area contributed by atoms with Crippen LogP contribution in [0.4, 0.5) is 4.39 Å². The minimum absolute atomic E-state index is 0.116. The molecule has 0 atom stereocenters. The van der Waals surface area contributed by atoms with Gasteiger partial charge in [-0.25, -0.2) is 10.4 Å². The second-order valence-corrected chi connectivity index (χ2v) is 5.24. The standard InChI is InChI=1S/C17H11ClFN5O2/c18-17-21-10-14(19)16(23-17)26-13-5-3-11(4-6-13)8-22-24-15(25)12-2-1-7-20-9-12/h1-10H,(H,24,25)/b22-8-. The van der Waals surface area contributed by atoms with Gasteiger partial charge >= 0.3 is 0 Å². The lowest BCUT2D eigenvalue weighted by Gasteiger charge is -2.05. The van der Waals surface area contributed by atoms with Crippen LogP contribution < -0.4 is 10.2 Å². The summed E-state index contributed by atoms with van der Waals surface area (Å²) in [5.74, 6) is -1.01. The van der Waals surface area contributed by atoms with Gasteiger partial charge in [-0.2, -0.15) is 14.5 Å². The van der Waals surface area contributed by atoms with Gasteiger partial charge in [0.2, 0.25) is 11.1 Å². The Hall–Kier alpha value is -3.39.